The second-order valence-corrected chi connectivity index (χ2v) is 12.3. The highest BCUT2D eigenvalue weighted by Crippen LogP contribution is 2.35. The maximum Gasteiger partial charge on any atom is 0.410 e. The largest absolute Gasteiger partial charge is 0.444 e. The molecule has 0 unspecified atom stereocenters. The van der Waals surface area contributed by atoms with Crippen molar-refractivity contribution in [3.05, 3.63) is 46.0 Å². The lowest BCUT2D eigenvalue weighted by Crippen LogP contribution is -2.50. The van der Waals surface area contributed by atoms with Crippen LogP contribution < -0.4 is 21.7 Å². The fourth-order valence-electron chi connectivity index (χ4n) is 5.12. The molecule has 1 aliphatic heterocycles. The molecule has 1 saturated heterocycles. The molecule has 0 bridgehead atoms. The Morgan fingerprint density at radius 3 is 2.58 bits per heavy atom. The number of carbonyl (C=O) groups excluding carboxylic acids is 2. The van der Waals surface area contributed by atoms with E-state index in [9.17, 15) is 9.59 Å². The van der Waals surface area contributed by atoms with E-state index in [0.717, 1.165) is 45.6 Å². The van der Waals surface area contributed by atoms with Crippen molar-refractivity contribution in [2.24, 2.45) is 0 Å². The number of pyridine rings is 1. The van der Waals surface area contributed by atoms with Crippen molar-refractivity contribution in [1.82, 2.24) is 15.2 Å². The quantitative estimate of drug-likeness (QED) is 0.460. The maximum absolute atomic E-state index is 13.1. The number of nitrogens with zero attached hydrogens (tertiary/aromatic N) is 3. The first-order chi connectivity index (χ1) is 18.0. The summed E-state index contributed by atoms with van der Waals surface area (Å²) >= 11 is 1.44. The summed E-state index contributed by atoms with van der Waals surface area (Å²) < 4.78 is 6.53. The summed E-state index contributed by atoms with van der Waals surface area (Å²) in [6.07, 6.45) is 1.94. The van der Waals surface area contributed by atoms with Gasteiger partial charge >= 0.3 is 6.09 Å². The van der Waals surface area contributed by atoms with Gasteiger partial charge in [-0.15, -0.1) is 11.3 Å². The molecule has 1 aliphatic carbocycles. The van der Waals surface area contributed by atoms with Crippen LogP contribution in [0.2, 0.25) is 0 Å². The zero-order valence-corrected chi connectivity index (χ0v) is 23.3. The van der Waals surface area contributed by atoms with E-state index in [-0.39, 0.29) is 18.0 Å². The standard InChI is InChI=1S/C28H36N6O3S/c1-16-5-7-19-22(13-16)38-24(23(19)30)26(35)31-18-6-8-21-17(14-18)15-20(29)25(32-21)33-9-11-34(12-10-33)27(36)37-28(2,3)4/h5,7,13,15,18H,6,8-12,14,29-30H2,1-4H3,(H,31,35)/t18-/m0/s1. The Morgan fingerprint density at radius 2 is 1.87 bits per heavy atom. The minimum absolute atomic E-state index is 0.00854. The first-order valence-corrected chi connectivity index (χ1v) is 13.9. The van der Waals surface area contributed by atoms with E-state index < -0.39 is 5.60 Å². The number of nitrogens with two attached hydrogens (primary N) is 2. The highest BCUT2D eigenvalue weighted by atomic mass is 32.1. The molecule has 5 N–H and O–H groups in total. The molecule has 1 atom stereocenters. The Morgan fingerprint density at radius 1 is 1.13 bits per heavy atom. The topological polar surface area (TPSA) is 127 Å². The van der Waals surface area contributed by atoms with Crippen LogP contribution in [0.4, 0.5) is 22.0 Å². The van der Waals surface area contributed by atoms with Gasteiger partial charge in [-0.05, 0) is 70.2 Å². The third-order valence-electron chi connectivity index (χ3n) is 7.05. The molecule has 3 aromatic rings. The van der Waals surface area contributed by atoms with Crippen molar-refractivity contribution >= 4 is 50.6 Å². The molecule has 3 heterocycles. The molecule has 0 spiro atoms. The second kappa shape index (κ2) is 9.98. The number of rotatable bonds is 3. The smallest absolute Gasteiger partial charge is 0.410 e. The summed E-state index contributed by atoms with van der Waals surface area (Å²) in [4.78, 5) is 34.9. The highest BCUT2D eigenvalue weighted by Gasteiger charge is 2.29. The van der Waals surface area contributed by atoms with E-state index in [2.05, 4.69) is 16.3 Å². The number of hydrogen-bond donors (Lipinski definition) is 3. The fraction of sp³-hybridized carbons (Fsp3) is 0.464. The van der Waals surface area contributed by atoms with E-state index in [4.69, 9.17) is 21.2 Å². The van der Waals surface area contributed by atoms with Crippen molar-refractivity contribution in [3.63, 3.8) is 0 Å². The number of anilines is 3. The molecule has 10 heteroatoms. The number of amides is 2. The van der Waals surface area contributed by atoms with E-state index >= 15 is 0 Å². The van der Waals surface area contributed by atoms with Crippen molar-refractivity contribution < 1.29 is 14.3 Å². The number of ether oxygens (including phenoxy) is 1. The zero-order chi connectivity index (χ0) is 27.2. The van der Waals surface area contributed by atoms with Crippen LogP contribution in [0.1, 0.15) is 53.7 Å². The number of nitrogens with one attached hydrogen (secondary N) is 1. The van der Waals surface area contributed by atoms with Gasteiger partial charge in [-0.3, -0.25) is 4.79 Å². The molecule has 38 heavy (non-hydrogen) atoms. The molecule has 1 fully saturated rings. The summed E-state index contributed by atoms with van der Waals surface area (Å²) in [7, 11) is 0. The normalized spacial score (nSPS) is 17.8. The van der Waals surface area contributed by atoms with Crippen molar-refractivity contribution in [1.29, 1.82) is 0 Å². The molecule has 1 aromatic carbocycles. The van der Waals surface area contributed by atoms with Gasteiger partial charge in [0, 0.05) is 48.0 Å². The Balaban J connectivity index is 1.23. The van der Waals surface area contributed by atoms with Crippen LogP contribution in [0.25, 0.3) is 10.1 Å². The second-order valence-electron chi connectivity index (χ2n) is 11.2. The number of aromatic nitrogens is 1. The summed E-state index contributed by atoms with van der Waals surface area (Å²) in [6, 6.07) is 8.04. The lowest BCUT2D eigenvalue weighted by atomic mass is 9.91. The number of nitrogen functional groups attached to an aromatic ring is 2. The third-order valence-corrected chi connectivity index (χ3v) is 8.22. The Labute approximate surface area is 227 Å². The molecule has 2 amide bonds. The Bertz CT molecular complexity index is 1390. The van der Waals surface area contributed by atoms with Crippen LogP contribution in [0, 0.1) is 6.92 Å². The first kappa shape index (κ1) is 26.1. The van der Waals surface area contributed by atoms with E-state index in [1.807, 2.05) is 45.9 Å². The predicted molar refractivity (Wildman–Crippen MR) is 153 cm³/mol. The summed E-state index contributed by atoms with van der Waals surface area (Å²) in [6.45, 7) is 10.0. The lowest BCUT2D eigenvalue weighted by molar-refractivity contribution is 0.0240. The van der Waals surface area contributed by atoms with E-state index in [1.54, 1.807) is 4.90 Å². The molecule has 0 saturated carbocycles. The van der Waals surface area contributed by atoms with Gasteiger partial charge in [0.2, 0.25) is 0 Å². The average molecular weight is 537 g/mol. The van der Waals surface area contributed by atoms with E-state index in [0.29, 0.717) is 48.9 Å². The lowest BCUT2D eigenvalue weighted by Gasteiger charge is -2.37. The maximum atomic E-state index is 13.1. The van der Waals surface area contributed by atoms with Gasteiger partial charge in [-0.2, -0.15) is 0 Å². The summed E-state index contributed by atoms with van der Waals surface area (Å²) in [5.41, 5.74) is 16.6. The van der Waals surface area contributed by atoms with Gasteiger partial charge in [0.1, 0.15) is 10.5 Å². The monoisotopic (exact) mass is 536 g/mol. The Kier molecular flexibility index (Phi) is 6.85. The molecule has 202 valence electrons. The Hall–Kier alpha value is -3.53. The first-order valence-electron chi connectivity index (χ1n) is 13.1. The summed E-state index contributed by atoms with van der Waals surface area (Å²) in [5.74, 6) is 0.638. The van der Waals surface area contributed by atoms with Gasteiger partial charge in [-0.1, -0.05) is 12.1 Å². The molecule has 2 aliphatic rings. The van der Waals surface area contributed by atoms with Crippen LogP contribution in [0.3, 0.4) is 0 Å². The number of benzene rings is 1. The molecule has 0 radical (unpaired) electrons. The number of hydrogen-bond acceptors (Lipinski definition) is 8. The number of carbonyl (C=O) groups is 2. The molecular formula is C28H36N6O3S. The van der Waals surface area contributed by atoms with Crippen molar-refractivity contribution in [2.75, 3.05) is 42.5 Å². The number of piperazine rings is 1. The minimum Gasteiger partial charge on any atom is -0.444 e. The number of fused-ring (bicyclic) bond motifs is 2. The van der Waals surface area contributed by atoms with Crippen molar-refractivity contribution in [2.45, 2.75) is 58.6 Å². The number of aryl methyl sites for hydroxylation is 2. The average Bonchev–Trinajstić information content (AvgIpc) is 3.18. The van der Waals surface area contributed by atoms with Gasteiger partial charge < -0.3 is 31.3 Å². The third kappa shape index (κ3) is 5.36. The van der Waals surface area contributed by atoms with Crippen LogP contribution in [-0.4, -0.2) is 59.7 Å². The van der Waals surface area contributed by atoms with E-state index in [1.165, 1.54) is 11.3 Å². The van der Waals surface area contributed by atoms with Gasteiger partial charge in [0.15, 0.2) is 5.82 Å². The fourth-order valence-corrected chi connectivity index (χ4v) is 6.24. The number of thiophene rings is 1. The van der Waals surface area contributed by atoms with Crippen LogP contribution in [-0.2, 0) is 17.6 Å². The van der Waals surface area contributed by atoms with Gasteiger partial charge in [0.05, 0.1) is 11.4 Å². The highest BCUT2D eigenvalue weighted by molar-refractivity contribution is 7.21. The summed E-state index contributed by atoms with van der Waals surface area (Å²) in [5, 5.41) is 4.11. The zero-order valence-electron chi connectivity index (χ0n) is 22.5. The molecule has 9 nitrogen and oxygen atoms in total. The van der Waals surface area contributed by atoms with Crippen LogP contribution >= 0.6 is 11.3 Å². The molecular weight excluding hydrogens is 500 g/mol. The van der Waals surface area contributed by atoms with Crippen LogP contribution in [0.5, 0.6) is 0 Å². The minimum atomic E-state index is -0.514. The molecule has 5 rings (SSSR count). The SMILES string of the molecule is Cc1ccc2c(N)c(C(=O)N[C@H]3CCc4nc(N5CCN(C(=O)OC(C)(C)C)CC5)c(N)cc4C3)sc2c1. The predicted octanol–water partition coefficient (Wildman–Crippen LogP) is 4.11. The van der Waals surface area contributed by atoms with Gasteiger partial charge in [-0.25, -0.2) is 9.78 Å². The van der Waals surface area contributed by atoms with Crippen molar-refractivity contribution in [3.8, 4) is 0 Å². The van der Waals surface area contributed by atoms with Gasteiger partial charge in [0.25, 0.3) is 5.91 Å². The molecule has 2 aromatic heterocycles. The van der Waals surface area contributed by atoms with Crippen LogP contribution in [0.15, 0.2) is 24.3 Å².